The van der Waals surface area contributed by atoms with Crippen molar-refractivity contribution < 1.29 is 14.7 Å². The van der Waals surface area contributed by atoms with Crippen LogP contribution in [0.5, 0.6) is 0 Å². The van der Waals surface area contributed by atoms with Gasteiger partial charge in [-0.15, -0.1) is 0 Å². The normalized spacial score (nSPS) is 16.7. The minimum absolute atomic E-state index is 0.158. The quantitative estimate of drug-likeness (QED) is 0.863. The number of nitrogens with zero attached hydrogens (tertiary/aromatic N) is 1. The lowest BCUT2D eigenvalue weighted by Crippen LogP contribution is -2.33. The van der Waals surface area contributed by atoms with Gasteiger partial charge in [0.1, 0.15) is 0 Å². The van der Waals surface area contributed by atoms with Gasteiger partial charge in [0.15, 0.2) is 0 Å². The highest BCUT2D eigenvalue weighted by Gasteiger charge is 2.26. The van der Waals surface area contributed by atoms with Crippen molar-refractivity contribution in [2.24, 2.45) is 5.92 Å². The van der Waals surface area contributed by atoms with E-state index < -0.39 is 5.97 Å². The lowest BCUT2D eigenvalue weighted by atomic mass is 9.97. The molecule has 2 amide bonds. The summed E-state index contributed by atoms with van der Waals surface area (Å²) in [4.78, 5) is 25.2. The molecule has 0 aliphatic carbocycles. The first kappa shape index (κ1) is 17.3. The Morgan fingerprint density at radius 1 is 1.20 bits per heavy atom. The van der Waals surface area contributed by atoms with E-state index in [0.29, 0.717) is 35.3 Å². The molecule has 1 aliphatic rings. The summed E-state index contributed by atoms with van der Waals surface area (Å²) >= 11 is 6.07. The van der Waals surface area contributed by atoms with Crippen LogP contribution in [0, 0.1) is 5.92 Å². The van der Waals surface area contributed by atoms with E-state index in [1.54, 1.807) is 35.2 Å². The second kappa shape index (κ2) is 7.57. The van der Waals surface area contributed by atoms with Crippen molar-refractivity contribution in [3.63, 3.8) is 0 Å². The highest BCUT2D eigenvalue weighted by atomic mass is 35.5. The summed E-state index contributed by atoms with van der Waals surface area (Å²) in [7, 11) is 0. The van der Waals surface area contributed by atoms with Crippen molar-refractivity contribution >= 4 is 29.3 Å². The van der Waals surface area contributed by atoms with Gasteiger partial charge in [0.05, 0.1) is 16.3 Å². The molecule has 1 aliphatic heterocycles. The van der Waals surface area contributed by atoms with Gasteiger partial charge in [0.2, 0.25) is 0 Å². The van der Waals surface area contributed by atoms with E-state index in [9.17, 15) is 9.59 Å². The van der Waals surface area contributed by atoms with Crippen LogP contribution >= 0.6 is 11.6 Å². The van der Waals surface area contributed by atoms with Crippen molar-refractivity contribution in [1.82, 2.24) is 4.90 Å². The van der Waals surface area contributed by atoms with E-state index >= 15 is 0 Å². The number of carboxylic acids is 1. The molecule has 0 aromatic heterocycles. The van der Waals surface area contributed by atoms with Crippen LogP contribution in [0.15, 0.2) is 48.5 Å². The molecule has 1 fully saturated rings. The number of likely N-dealkylation sites (tertiary alicyclic amines) is 1. The maximum absolute atomic E-state index is 12.4. The summed E-state index contributed by atoms with van der Waals surface area (Å²) in [6, 6.07) is 14.0. The van der Waals surface area contributed by atoms with E-state index in [0.717, 1.165) is 18.4 Å². The van der Waals surface area contributed by atoms with Crippen LogP contribution in [0.1, 0.15) is 22.3 Å². The number of rotatable bonds is 4. The summed E-state index contributed by atoms with van der Waals surface area (Å²) in [6.07, 6.45) is 1.66. The molecule has 0 unspecified atom stereocenters. The number of anilines is 1. The fourth-order valence-corrected chi connectivity index (χ4v) is 3.29. The Kier molecular flexibility index (Phi) is 5.24. The highest BCUT2D eigenvalue weighted by molar-refractivity contribution is 6.33. The lowest BCUT2D eigenvalue weighted by Gasteiger charge is -2.18. The van der Waals surface area contributed by atoms with Crippen LogP contribution in [0.4, 0.5) is 10.5 Å². The molecule has 2 N–H and O–H groups in total. The van der Waals surface area contributed by atoms with Crippen molar-refractivity contribution in [2.45, 2.75) is 12.8 Å². The summed E-state index contributed by atoms with van der Waals surface area (Å²) < 4.78 is 0. The number of halogens is 1. The number of hydrogen-bond donors (Lipinski definition) is 2. The van der Waals surface area contributed by atoms with Crippen molar-refractivity contribution in [1.29, 1.82) is 0 Å². The third-order valence-electron chi connectivity index (χ3n) is 4.39. The molecular formula is C19H19ClN2O3. The molecule has 1 saturated heterocycles. The Hall–Kier alpha value is -2.53. The van der Waals surface area contributed by atoms with Gasteiger partial charge in [-0.05, 0) is 48.6 Å². The minimum Gasteiger partial charge on any atom is -0.478 e. The molecule has 0 spiro atoms. The Bertz CT molecular complexity index is 794. The molecule has 6 heteroatoms. The predicted octanol–water partition coefficient (Wildman–Crippen LogP) is 4.13. The zero-order valence-electron chi connectivity index (χ0n) is 13.6. The molecule has 0 radical (unpaired) electrons. The first-order valence-electron chi connectivity index (χ1n) is 8.15. The van der Waals surface area contributed by atoms with E-state index in [1.807, 2.05) is 18.2 Å². The molecule has 1 atom stereocenters. The molecule has 0 bridgehead atoms. The molecule has 3 rings (SSSR count). The highest BCUT2D eigenvalue weighted by Crippen LogP contribution is 2.24. The summed E-state index contributed by atoms with van der Waals surface area (Å²) in [6.45, 7) is 1.33. The first-order valence-corrected chi connectivity index (χ1v) is 8.53. The molecule has 0 saturated carbocycles. The molecular weight excluding hydrogens is 340 g/mol. The number of nitrogens with one attached hydrogen (secondary N) is 1. The Balaban J connectivity index is 1.58. The zero-order chi connectivity index (χ0) is 17.8. The lowest BCUT2D eigenvalue weighted by molar-refractivity contribution is 0.0696. The fourth-order valence-electron chi connectivity index (χ4n) is 3.11. The second-order valence-corrected chi connectivity index (χ2v) is 6.63. The third-order valence-corrected chi connectivity index (χ3v) is 4.72. The second-order valence-electron chi connectivity index (χ2n) is 6.22. The molecule has 5 nitrogen and oxygen atoms in total. The van der Waals surface area contributed by atoms with Gasteiger partial charge in [-0.25, -0.2) is 9.59 Å². The number of carboxylic acid groups (broad SMARTS) is 1. The molecule has 1 heterocycles. The number of benzene rings is 2. The van der Waals surface area contributed by atoms with Gasteiger partial charge in [0, 0.05) is 13.1 Å². The number of para-hydroxylation sites is 1. The number of urea groups is 1. The van der Waals surface area contributed by atoms with Gasteiger partial charge >= 0.3 is 12.0 Å². The Morgan fingerprint density at radius 2 is 2.00 bits per heavy atom. The summed E-state index contributed by atoms with van der Waals surface area (Å²) in [5.41, 5.74) is 1.88. The largest absolute Gasteiger partial charge is 0.478 e. The fraction of sp³-hybridized carbons (Fsp3) is 0.263. The zero-order valence-corrected chi connectivity index (χ0v) is 14.4. The Labute approximate surface area is 151 Å². The first-order chi connectivity index (χ1) is 12.0. The van der Waals surface area contributed by atoms with Crippen molar-refractivity contribution in [3.05, 3.63) is 64.7 Å². The standard InChI is InChI=1S/C19H19ClN2O3/c20-16-6-1-2-7-17(16)21-19(25)22-9-8-14(12-22)10-13-4-3-5-15(11-13)18(23)24/h1-7,11,14H,8-10,12H2,(H,21,25)(H,23,24)/t14-/m1/s1. The van der Waals surface area contributed by atoms with Crippen molar-refractivity contribution in [2.75, 3.05) is 18.4 Å². The van der Waals surface area contributed by atoms with Crippen LogP contribution in [-0.4, -0.2) is 35.1 Å². The smallest absolute Gasteiger partial charge is 0.335 e. The monoisotopic (exact) mass is 358 g/mol. The topological polar surface area (TPSA) is 69.6 Å². The minimum atomic E-state index is -0.922. The summed E-state index contributed by atoms with van der Waals surface area (Å²) in [5.74, 6) is -0.602. The maximum atomic E-state index is 12.4. The molecule has 2 aromatic carbocycles. The van der Waals surface area contributed by atoms with E-state index in [2.05, 4.69) is 5.32 Å². The van der Waals surface area contributed by atoms with E-state index in [4.69, 9.17) is 16.7 Å². The van der Waals surface area contributed by atoms with E-state index in [1.165, 1.54) is 0 Å². The van der Waals surface area contributed by atoms with Crippen LogP contribution in [0.25, 0.3) is 0 Å². The molecule has 25 heavy (non-hydrogen) atoms. The SMILES string of the molecule is O=C(O)c1cccc(C[C@H]2CCN(C(=O)Nc3ccccc3Cl)C2)c1. The number of amides is 2. The Morgan fingerprint density at radius 3 is 2.76 bits per heavy atom. The van der Waals surface area contributed by atoms with Crippen LogP contribution in [-0.2, 0) is 6.42 Å². The molecule has 2 aromatic rings. The third kappa shape index (κ3) is 4.31. The van der Waals surface area contributed by atoms with Crippen molar-refractivity contribution in [3.8, 4) is 0 Å². The van der Waals surface area contributed by atoms with Gasteiger partial charge in [-0.1, -0.05) is 35.9 Å². The average Bonchev–Trinajstić information content (AvgIpc) is 3.06. The van der Waals surface area contributed by atoms with Gasteiger partial charge in [0.25, 0.3) is 0 Å². The van der Waals surface area contributed by atoms with Gasteiger partial charge < -0.3 is 15.3 Å². The van der Waals surface area contributed by atoms with E-state index in [-0.39, 0.29) is 6.03 Å². The number of aromatic carboxylic acids is 1. The average molecular weight is 359 g/mol. The van der Waals surface area contributed by atoms with Crippen LogP contribution in [0.3, 0.4) is 0 Å². The van der Waals surface area contributed by atoms with Gasteiger partial charge in [-0.3, -0.25) is 0 Å². The molecule has 130 valence electrons. The number of carbonyl (C=O) groups excluding carboxylic acids is 1. The van der Waals surface area contributed by atoms with Crippen LogP contribution in [0.2, 0.25) is 5.02 Å². The number of carbonyl (C=O) groups is 2. The summed E-state index contributed by atoms with van der Waals surface area (Å²) in [5, 5.41) is 12.4. The van der Waals surface area contributed by atoms with Crippen LogP contribution < -0.4 is 5.32 Å². The number of hydrogen-bond acceptors (Lipinski definition) is 2. The predicted molar refractivity (Wildman–Crippen MR) is 97.3 cm³/mol. The maximum Gasteiger partial charge on any atom is 0.335 e. The van der Waals surface area contributed by atoms with Gasteiger partial charge in [-0.2, -0.15) is 0 Å².